The number of amides is 1. The Balaban J connectivity index is 1.79. The van der Waals surface area contributed by atoms with Crippen molar-refractivity contribution in [3.8, 4) is 0 Å². The summed E-state index contributed by atoms with van der Waals surface area (Å²) in [5.41, 5.74) is -0.0169. The summed E-state index contributed by atoms with van der Waals surface area (Å²) in [5, 5.41) is 13.7. The van der Waals surface area contributed by atoms with E-state index in [0.717, 1.165) is 18.9 Å². The van der Waals surface area contributed by atoms with Crippen LogP contribution in [0.15, 0.2) is 53.4 Å². The predicted molar refractivity (Wildman–Crippen MR) is 99.3 cm³/mol. The zero-order chi connectivity index (χ0) is 20.1. The van der Waals surface area contributed by atoms with Gasteiger partial charge in [0, 0.05) is 13.2 Å². The number of hydrogen-bond acceptors (Lipinski definition) is 6. The molecule has 148 valence electrons. The minimum Gasteiger partial charge on any atom is -0.545 e. The number of aromatic carboxylic acids is 1. The van der Waals surface area contributed by atoms with Gasteiger partial charge >= 0.3 is 0 Å². The Morgan fingerprint density at radius 3 is 2.64 bits per heavy atom. The number of anilines is 1. The second kappa shape index (κ2) is 8.41. The van der Waals surface area contributed by atoms with Crippen LogP contribution < -0.4 is 15.1 Å². The Kier molecular flexibility index (Phi) is 5.96. The summed E-state index contributed by atoms with van der Waals surface area (Å²) in [4.78, 5) is 23.2. The van der Waals surface area contributed by atoms with Crippen LogP contribution in [0.1, 0.15) is 33.6 Å². The van der Waals surface area contributed by atoms with Crippen LogP contribution in [-0.4, -0.2) is 39.5 Å². The molecule has 0 aromatic heterocycles. The Morgan fingerprint density at radius 1 is 1.14 bits per heavy atom. The van der Waals surface area contributed by atoms with Crippen LogP contribution >= 0.6 is 0 Å². The number of ether oxygens (including phenoxy) is 1. The van der Waals surface area contributed by atoms with Gasteiger partial charge in [0.15, 0.2) is 0 Å². The normalized spacial score (nSPS) is 16.5. The highest BCUT2D eigenvalue weighted by atomic mass is 32.2. The summed E-state index contributed by atoms with van der Waals surface area (Å²) in [6.45, 7) is 1.01. The summed E-state index contributed by atoms with van der Waals surface area (Å²) < 4.78 is 33.1. The van der Waals surface area contributed by atoms with E-state index >= 15 is 0 Å². The second-order valence-electron chi connectivity index (χ2n) is 6.31. The van der Waals surface area contributed by atoms with Gasteiger partial charge in [-0.15, -0.1) is 0 Å². The van der Waals surface area contributed by atoms with E-state index in [2.05, 4.69) is 10.0 Å². The highest BCUT2D eigenvalue weighted by Crippen LogP contribution is 2.21. The molecule has 0 saturated carbocycles. The minimum absolute atomic E-state index is 0.0415. The maximum absolute atomic E-state index is 12.6. The topological polar surface area (TPSA) is 125 Å². The van der Waals surface area contributed by atoms with Gasteiger partial charge in [-0.05, 0) is 42.7 Å². The number of hydrogen-bond donors (Lipinski definition) is 2. The first-order chi connectivity index (χ1) is 13.4. The molecule has 2 aromatic carbocycles. The van der Waals surface area contributed by atoms with Gasteiger partial charge in [-0.2, -0.15) is 0 Å². The van der Waals surface area contributed by atoms with E-state index in [9.17, 15) is 23.1 Å². The molecule has 1 aliphatic rings. The van der Waals surface area contributed by atoms with Crippen molar-refractivity contribution in [3.05, 3.63) is 59.7 Å². The van der Waals surface area contributed by atoms with Crippen molar-refractivity contribution in [1.29, 1.82) is 0 Å². The van der Waals surface area contributed by atoms with E-state index < -0.39 is 21.9 Å². The molecule has 1 heterocycles. The van der Waals surface area contributed by atoms with Crippen molar-refractivity contribution in [2.24, 2.45) is 0 Å². The quantitative estimate of drug-likeness (QED) is 0.703. The molecule has 1 amide bonds. The van der Waals surface area contributed by atoms with Crippen molar-refractivity contribution in [1.82, 2.24) is 5.32 Å². The Bertz CT molecular complexity index is 983. The number of para-hydroxylation sites is 1. The third kappa shape index (κ3) is 4.68. The molecule has 0 spiro atoms. The zero-order valence-electron chi connectivity index (χ0n) is 14.9. The van der Waals surface area contributed by atoms with Gasteiger partial charge in [0.25, 0.3) is 15.9 Å². The highest BCUT2D eigenvalue weighted by molar-refractivity contribution is 7.92. The maximum Gasteiger partial charge on any atom is 0.261 e. The molecule has 1 saturated heterocycles. The first kappa shape index (κ1) is 19.8. The smallest absolute Gasteiger partial charge is 0.261 e. The SMILES string of the molecule is O=C([O-])c1cccc(S(=O)(=O)Nc2ccccc2C(=O)NC[C@H]2CCCO2)c1. The Hall–Kier alpha value is -2.91. The number of nitrogens with one attached hydrogen (secondary N) is 2. The van der Waals surface area contributed by atoms with E-state index in [1.165, 1.54) is 30.3 Å². The van der Waals surface area contributed by atoms with Crippen molar-refractivity contribution >= 4 is 27.6 Å². The van der Waals surface area contributed by atoms with Crippen molar-refractivity contribution in [3.63, 3.8) is 0 Å². The van der Waals surface area contributed by atoms with Crippen LogP contribution in [0.5, 0.6) is 0 Å². The molecule has 1 fully saturated rings. The molecule has 2 aromatic rings. The molecule has 1 aliphatic heterocycles. The monoisotopic (exact) mass is 403 g/mol. The third-order valence-electron chi connectivity index (χ3n) is 4.31. The lowest BCUT2D eigenvalue weighted by Crippen LogP contribution is -2.32. The summed E-state index contributed by atoms with van der Waals surface area (Å²) in [6.07, 6.45) is 1.77. The van der Waals surface area contributed by atoms with Gasteiger partial charge in [-0.25, -0.2) is 8.42 Å². The first-order valence-corrected chi connectivity index (χ1v) is 10.2. The summed E-state index contributed by atoms with van der Waals surface area (Å²) in [6, 6.07) is 11.0. The van der Waals surface area contributed by atoms with E-state index in [4.69, 9.17) is 4.74 Å². The average Bonchev–Trinajstić information content (AvgIpc) is 3.20. The molecule has 0 bridgehead atoms. The van der Waals surface area contributed by atoms with Gasteiger partial charge in [0.05, 0.1) is 28.2 Å². The average molecular weight is 403 g/mol. The van der Waals surface area contributed by atoms with Gasteiger partial charge in [0.2, 0.25) is 0 Å². The molecule has 1 atom stereocenters. The first-order valence-electron chi connectivity index (χ1n) is 8.70. The van der Waals surface area contributed by atoms with Gasteiger partial charge in [-0.1, -0.05) is 24.3 Å². The lowest BCUT2D eigenvalue weighted by atomic mass is 10.1. The fourth-order valence-electron chi connectivity index (χ4n) is 2.87. The summed E-state index contributed by atoms with van der Waals surface area (Å²) in [7, 11) is -4.10. The number of carbonyl (C=O) groups excluding carboxylic acids is 2. The number of benzene rings is 2. The van der Waals surface area contributed by atoms with E-state index in [1.54, 1.807) is 12.1 Å². The molecule has 28 heavy (non-hydrogen) atoms. The fraction of sp³-hybridized carbons (Fsp3) is 0.263. The van der Waals surface area contributed by atoms with Gasteiger partial charge in [0.1, 0.15) is 0 Å². The summed E-state index contributed by atoms with van der Waals surface area (Å²) in [5.74, 6) is -1.91. The highest BCUT2D eigenvalue weighted by Gasteiger charge is 2.21. The van der Waals surface area contributed by atoms with Crippen molar-refractivity contribution in [2.45, 2.75) is 23.8 Å². The minimum atomic E-state index is -4.10. The molecule has 0 aliphatic carbocycles. The molecule has 9 heteroatoms. The van der Waals surface area contributed by atoms with Crippen LogP contribution in [-0.2, 0) is 14.8 Å². The number of carbonyl (C=O) groups is 2. The second-order valence-corrected chi connectivity index (χ2v) is 7.99. The van der Waals surface area contributed by atoms with Gasteiger partial charge in [-0.3, -0.25) is 9.52 Å². The molecule has 8 nitrogen and oxygen atoms in total. The largest absolute Gasteiger partial charge is 0.545 e. The number of rotatable bonds is 7. The zero-order valence-corrected chi connectivity index (χ0v) is 15.7. The number of carboxylic acid groups (broad SMARTS) is 1. The molecule has 0 radical (unpaired) electrons. The van der Waals surface area contributed by atoms with Crippen molar-refractivity contribution in [2.75, 3.05) is 17.9 Å². The molecular weight excluding hydrogens is 384 g/mol. The van der Waals surface area contributed by atoms with Crippen LogP contribution in [0.3, 0.4) is 0 Å². The standard InChI is InChI=1S/C19H20N2O6S/c22-18(20-12-14-6-4-10-27-14)16-8-1-2-9-17(16)21-28(25,26)15-7-3-5-13(11-15)19(23)24/h1-3,5,7-9,11,14,21H,4,6,10,12H2,(H,20,22)(H,23,24)/p-1/t14-/m1/s1. The number of carboxylic acids is 1. The van der Waals surface area contributed by atoms with E-state index in [-0.39, 0.29) is 27.8 Å². The Morgan fingerprint density at radius 2 is 1.93 bits per heavy atom. The molecule has 3 rings (SSSR count). The summed E-state index contributed by atoms with van der Waals surface area (Å²) >= 11 is 0. The Labute approximate surface area is 162 Å². The maximum atomic E-state index is 12.6. The van der Waals surface area contributed by atoms with Crippen LogP contribution in [0.25, 0.3) is 0 Å². The number of sulfonamides is 1. The lowest BCUT2D eigenvalue weighted by molar-refractivity contribution is -0.255. The van der Waals surface area contributed by atoms with Crippen LogP contribution in [0.4, 0.5) is 5.69 Å². The predicted octanol–water partition coefficient (Wildman–Crippen LogP) is 0.760. The van der Waals surface area contributed by atoms with Gasteiger partial charge < -0.3 is 20.0 Å². The molecule has 2 N–H and O–H groups in total. The third-order valence-corrected chi connectivity index (χ3v) is 5.67. The fourth-order valence-corrected chi connectivity index (χ4v) is 4.00. The lowest BCUT2D eigenvalue weighted by Gasteiger charge is -2.15. The molecule has 0 unspecified atom stereocenters. The van der Waals surface area contributed by atoms with Crippen LogP contribution in [0.2, 0.25) is 0 Å². The van der Waals surface area contributed by atoms with E-state index in [0.29, 0.717) is 13.2 Å². The van der Waals surface area contributed by atoms with Crippen molar-refractivity contribution < 1.29 is 27.9 Å². The molecular formula is C19H19N2O6S-. The van der Waals surface area contributed by atoms with E-state index in [1.807, 2.05) is 0 Å². The van der Waals surface area contributed by atoms with Crippen LogP contribution in [0, 0.1) is 0 Å².